The summed E-state index contributed by atoms with van der Waals surface area (Å²) in [6, 6.07) is 2.61. The van der Waals surface area contributed by atoms with E-state index in [0.717, 1.165) is 6.20 Å². The predicted molar refractivity (Wildman–Crippen MR) is 69.8 cm³/mol. The highest BCUT2D eigenvalue weighted by atomic mass is 35.5. The van der Waals surface area contributed by atoms with E-state index in [1.165, 1.54) is 12.1 Å². The number of carbonyl (C=O) groups is 1. The molecule has 0 spiro atoms. The second kappa shape index (κ2) is 5.43. The molecule has 0 radical (unpaired) electrons. The minimum absolute atomic E-state index is 0.199. The van der Waals surface area contributed by atoms with Gasteiger partial charge in [-0.15, -0.1) is 11.6 Å². The van der Waals surface area contributed by atoms with Crippen molar-refractivity contribution in [2.45, 2.75) is 25.6 Å². The number of carbonyl (C=O) groups excluding carboxylic acids is 1. The van der Waals surface area contributed by atoms with Gasteiger partial charge in [0.2, 0.25) is 0 Å². The van der Waals surface area contributed by atoms with Crippen molar-refractivity contribution in [2.75, 3.05) is 19.0 Å². The first-order valence-electron chi connectivity index (χ1n) is 6.06. The molecule has 19 heavy (non-hydrogen) atoms. The van der Waals surface area contributed by atoms with E-state index in [-0.39, 0.29) is 17.7 Å². The van der Waals surface area contributed by atoms with Crippen LogP contribution in [0.2, 0.25) is 0 Å². The molecule has 1 amide bonds. The maximum absolute atomic E-state index is 12.8. The van der Waals surface area contributed by atoms with Crippen LogP contribution in [0.1, 0.15) is 24.3 Å². The van der Waals surface area contributed by atoms with Crippen molar-refractivity contribution in [1.29, 1.82) is 0 Å². The van der Waals surface area contributed by atoms with Gasteiger partial charge in [0.1, 0.15) is 11.5 Å². The Morgan fingerprint density at radius 1 is 1.63 bits per heavy atom. The molecule has 1 fully saturated rings. The fraction of sp³-hybridized carbons (Fsp3) is 0.538. The number of hydrogen-bond donors (Lipinski definition) is 0. The van der Waals surface area contributed by atoms with Crippen LogP contribution in [0.25, 0.3) is 0 Å². The van der Waals surface area contributed by atoms with Crippen molar-refractivity contribution in [3.05, 3.63) is 29.8 Å². The number of aromatic nitrogens is 1. The Hall–Kier alpha value is -1.20. The average Bonchev–Trinajstić information content (AvgIpc) is 2.37. The molecule has 0 saturated carbocycles. The third-order valence-corrected chi connectivity index (χ3v) is 3.23. The number of rotatable bonds is 2. The van der Waals surface area contributed by atoms with Crippen LogP contribution in [0.4, 0.5) is 4.39 Å². The van der Waals surface area contributed by atoms with Crippen molar-refractivity contribution in [3.8, 4) is 0 Å². The van der Waals surface area contributed by atoms with E-state index in [1.807, 2.05) is 13.8 Å². The number of alkyl halides is 1. The molecule has 1 aliphatic heterocycles. The average molecular weight is 287 g/mol. The normalized spacial score (nSPS) is 22.3. The number of hydrogen-bond acceptors (Lipinski definition) is 3. The first kappa shape index (κ1) is 14.2. The maximum atomic E-state index is 12.8. The van der Waals surface area contributed by atoms with Gasteiger partial charge in [0.25, 0.3) is 5.91 Å². The number of morpholine rings is 1. The molecule has 1 aliphatic rings. The van der Waals surface area contributed by atoms with Crippen LogP contribution in [-0.4, -0.2) is 46.5 Å². The summed E-state index contributed by atoms with van der Waals surface area (Å²) in [5, 5.41) is 0. The summed E-state index contributed by atoms with van der Waals surface area (Å²) in [4.78, 5) is 17.8. The molecule has 1 aromatic rings. The van der Waals surface area contributed by atoms with Gasteiger partial charge in [0, 0.05) is 13.1 Å². The Bertz CT molecular complexity index is 464. The van der Waals surface area contributed by atoms with E-state index in [2.05, 4.69) is 4.98 Å². The van der Waals surface area contributed by atoms with E-state index in [0.29, 0.717) is 19.0 Å². The number of ether oxygens (including phenoxy) is 1. The molecule has 1 saturated heterocycles. The third kappa shape index (κ3) is 3.42. The third-order valence-electron chi connectivity index (χ3n) is 2.89. The van der Waals surface area contributed by atoms with E-state index in [4.69, 9.17) is 16.3 Å². The molecule has 1 aromatic heterocycles. The summed E-state index contributed by atoms with van der Waals surface area (Å²) >= 11 is 5.82. The highest BCUT2D eigenvalue weighted by molar-refractivity contribution is 6.18. The Labute approximate surface area is 116 Å². The molecule has 0 aromatic carbocycles. The lowest BCUT2D eigenvalue weighted by Crippen LogP contribution is -2.55. The van der Waals surface area contributed by atoms with Crippen molar-refractivity contribution in [2.24, 2.45) is 0 Å². The summed E-state index contributed by atoms with van der Waals surface area (Å²) in [7, 11) is 0. The van der Waals surface area contributed by atoms with E-state index < -0.39 is 11.4 Å². The smallest absolute Gasteiger partial charge is 0.272 e. The van der Waals surface area contributed by atoms with Crippen LogP contribution in [0.5, 0.6) is 0 Å². The maximum Gasteiger partial charge on any atom is 0.272 e. The monoisotopic (exact) mass is 286 g/mol. The fourth-order valence-corrected chi connectivity index (χ4v) is 2.36. The summed E-state index contributed by atoms with van der Waals surface area (Å²) in [5.74, 6) is -0.367. The summed E-state index contributed by atoms with van der Waals surface area (Å²) in [5.41, 5.74) is -0.222. The molecule has 0 N–H and O–H groups in total. The van der Waals surface area contributed by atoms with Gasteiger partial charge in [-0.25, -0.2) is 9.37 Å². The van der Waals surface area contributed by atoms with Gasteiger partial charge in [-0.1, -0.05) is 0 Å². The Kier molecular flexibility index (Phi) is 4.06. The molecule has 0 aliphatic carbocycles. The van der Waals surface area contributed by atoms with Gasteiger partial charge in [0.05, 0.1) is 23.8 Å². The van der Waals surface area contributed by atoms with Crippen LogP contribution in [-0.2, 0) is 4.74 Å². The molecule has 2 heterocycles. The van der Waals surface area contributed by atoms with E-state index >= 15 is 0 Å². The molecule has 1 unspecified atom stereocenters. The van der Waals surface area contributed by atoms with Gasteiger partial charge < -0.3 is 9.64 Å². The second-order valence-corrected chi connectivity index (χ2v) is 5.51. The number of halogens is 2. The standard InChI is InChI=1S/C13H16ClFN2O2/c1-13(2)8-17(7-10(5-14)19-13)12(18)11-4-3-9(15)6-16-11/h3-4,6,10H,5,7-8H2,1-2H3. The van der Waals surface area contributed by atoms with Gasteiger partial charge in [-0.3, -0.25) is 4.79 Å². The second-order valence-electron chi connectivity index (χ2n) is 5.20. The molecule has 6 heteroatoms. The largest absolute Gasteiger partial charge is 0.367 e. The fourth-order valence-electron chi connectivity index (χ4n) is 2.20. The van der Waals surface area contributed by atoms with Crippen molar-refractivity contribution < 1.29 is 13.9 Å². The molecule has 2 rings (SSSR count). The molecule has 0 bridgehead atoms. The number of amides is 1. The van der Waals surface area contributed by atoms with E-state index in [9.17, 15) is 9.18 Å². The molecule has 4 nitrogen and oxygen atoms in total. The first-order chi connectivity index (χ1) is 8.91. The van der Waals surface area contributed by atoms with Crippen LogP contribution < -0.4 is 0 Å². The lowest BCUT2D eigenvalue weighted by Gasteiger charge is -2.42. The van der Waals surface area contributed by atoms with Crippen LogP contribution in [0.3, 0.4) is 0 Å². The lowest BCUT2D eigenvalue weighted by molar-refractivity contribution is -0.117. The topological polar surface area (TPSA) is 42.4 Å². The summed E-state index contributed by atoms with van der Waals surface area (Å²) in [6.07, 6.45) is 0.840. The van der Waals surface area contributed by atoms with Crippen LogP contribution in [0.15, 0.2) is 18.3 Å². The van der Waals surface area contributed by atoms with Crippen LogP contribution in [0, 0.1) is 5.82 Å². The van der Waals surface area contributed by atoms with Crippen molar-refractivity contribution in [1.82, 2.24) is 9.88 Å². The van der Waals surface area contributed by atoms with Gasteiger partial charge in [-0.2, -0.15) is 0 Å². The number of nitrogens with zero attached hydrogens (tertiary/aromatic N) is 2. The quantitative estimate of drug-likeness (QED) is 0.782. The molecular weight excluding hydrogens is 271 g/mol. The van der Waals surface area contributed by atoms with Gasteiger partial charge in [0.15, 0.2) is 0 Å². The summed E-state index contributed by atoms with van der Waals surface area (Å²) in [6.45, 7) is 4.69. The van der Waals surface area contributed by atoms with Gasteiger partial charge >= 0.3 is 0 Å². The SMILES string of the molecule is CC1(C)CN(C(=O)c2ccc(F)cn2)CC(CCl)O1. The minimum Gasteiger partial charge on any atom is -0.367 e. The zero-order valence-electron chi connectivity index (χ0n) is 10.9. The zero-order chi connectivity index (χ0) is 14.0. The van der Waals surface area contributed by atoms with Crippen molar-refractivity contribution in [3.63, 3.8) is 0 Å². The van der Waals surface area contributed by atoms with Crippen LogP contribution >= 0.6 is 11.6 Å². The highest BCUT2D eigenvalue weighted by Gasteiger charge is 2.35. The Morgan fingerprint density at radius 2 is 2.37 bits per heavy atom. The molecule has 1 atom stereocenters. The first-order valence-corrected chi connectivity index (χ1v) is 6.59. The predicted octanol–water partition coefficient (Wildman–Crippen LogP) is 2.08. The Balaban J connectivity index is 2.16. The number of pyridine rings is 1. The zero-order valence-corrected chi connectivity index (χ0v) is 11.7. The minimum atomic E-state index is -0.461. The van der Waals surface area contributed by atoms with E-state index in [1.54, 1.807) is 4.90 Å². The van der Waals surface area contributed by atoms with Crippen molar-refractivity contribution >= 4 is 17.5 Å². The Morgan fingerprint density at radius 3 is 2.95 bits per heavy atom. The van der Waals surface area contributed by atoms with Gasteiger partial charge in [-0.05, 0) is 26.0 Å². The summed E-state index contributed by atoms with van der Waals surface area (Å²) < 4.78 is 18.6. The highest BCUT2D eigenvalue weighted by Crippen LogP contribution is 2.22. The lowest BCUT2D eigenvalue weighted by atomic mass is 10.1. The molecule has 104 valence electrons. The molecular formula is C13H16ClFN2O2.